The molecular formula is C11H7ClFN5O. The normalized spacial score (nSPS) is 10.8. The largest absolute Gasteiger partial charge is 0.338 e. The minimum Gasteiger partial charge on any atom is -0.338 e. The maximum Gasteiger partial charge on any atom is 0.239 e. The Bertz CT molecular complexity index is 677. The van der Waals surface area contributed by atoms with Crippen molar-refractivity contribution in [1.29, 1.82) is 0 Å². The topological polar surface area (TPSA) is 80.5 Å². The van der Waals surface area contributed by atoms with Crippen LogP contribution in [0.25, 0.3) is 11.6 Å². The monoisotopic (exact) mass is 279 g/mol. The number of halogens is 2. The van der Waals surface area contributed by atoms with Gasteiger partial charge < -0.3 is 4.52 Å². The first kappa shape index (κ1) is 11.8. The third-order valence-electron chi connectivity index (χ3n) is 2.48. The Hall–Kier alpha value is -2.28. The molecule has 0 saturated carbocycles. The molecule has 1 N–H and O–H groups in total. The van der Waals surface area contributed by atoms with Crippen LogP contribution in [-0.2, 0) is 6.42 Å². The van der Waals surface area contributed by atoms with Gasteiger partial charge in [0.2, 0.25) is 11.7 Å². The van der Waals surface area contributed by atoms with Gasteiger partial charge in [0.05, 0.1) is 6.42 Å². The second-order valence-electron chi connectivity index (χ2n) is 3.72. The Morgan fingerprint density at radius 1 is 1.37 bits per heavy atom. The molecule has 0 atom stereocenters. The quantitative estimate of drug-likeness (QED) is 0.795. The summed E-state index contributed by atoms with van der Waals surface area (Å²) in [5.74, 6) is 0.486. The van der Waals surface area contributed by atoms with E-state index in [0.717, 1.165) is 0 Å². The second kappa shape index (κ2) is 4.77. The predicted molar refractivity (Wildman–Crippen MR) is 63.9 cm³/mol. The number of nitrogens with zero attached hydrogens (tertiary/aromatic N) is 4. The molecule has 0 radical (unpaired) electrons. The van der Waals surface area contributed by atoms with Crippen molar-refractivity contribution in [3.05, 3.63) is 46.8 Å². The Balaban J connectivity index is 1.88. The molecule has 0 spiro atoms. The number of hydrogen-bond donors (Lipinski definition) is 1. The number of aromatic amines is 1. The van der Waals surface area contributed by atoms with E-state index >= 15 is 0 Å². The average Bonchev–Trinajstić information content (AvgIpc) is 3.04. The standard InChI is InChI=1S/C11H7ClFN5O/c12-7-2-1-3-8(13)6(7)4-9-16-11(18-19-9)10-14-5-15-17-10/h1-3,5H,4H2,(H,14,15,17). The molecule has 0 aliphatic rings. The fraction of sp³-hybridized carbons (Fsp3) is 0.0909. The molecule has 6 nitrogen and oxygen atoms in total. The third-order valence-corrected chi connectivity index (χ3v) is 2.84. The Labute approximate surface area is 111 Å². The zero-order valence-electron chi connectivity index (χ0n) is 9.47. The smallest absolute Gasteiger partial charge is 0.239 e. The first-order chi connectivity index (χ1) is 9.24. The first-order valence-corrected chi connectivity index (χ1v) is 5.73. The number of hydrogen-bond acceptors (Lipinski definition) is 5. The molecule has 1 aromatic carbocycles. The van der Waals surface area contributed by atoms with Gasteiger partial charge >= 0.3 is 0 Å². The first-order valence-electron chi connectivity index (χ1n) is 5.35. The molecule has 0 unspecified atom stereocenters. The molecule has 2 aromatic heterocycles. The molecule has 2 heterocycles. The van der Waals surface area contributed by atoms with Crippen LogP contribution in [-0.4, -0.2) is 25.3 Å². The molecular weight excluding hydrogens is 273 g/mol. The van der Waals surface area contributed by atoms with Crippen LogP contribution in [0.15, 0.2) is 29.0 Å². The predicted octanol–water partition coefficient (Wildman–Crippen LogP) is 2.24. The fourth-order valence-corrected chi connectivity index (χ4v) is 1.82. The van der Waals surface area contributed by atoms with Gasteiger partial charge in [0.1, 0.15) is 12.1 Å². The molecule has 0 bridgehead atoms. The van der Waals surface area contributed by atoms with Crippen LogP contribution >= 0.6 is 11.6 Å². The Morgan fingerprint density at radius 3 is 3.00 bits per heavy atom. The molecule has 96 valence electrons. The maximum atomic E-state index is 13.6. The zero-order valence-corrected chi connectivity index (χ0v) is 10.2. The van der Waals surface area contributed by atoms with Crippen LogP contribution in [0.2, 0.25) is 5.02 Å². The van der Waals surface area contributed by atoms with Crippen molar-refractivity contribution >= 4 is 11.6 Å². The SMILES string of the molecule is Fc1cccc(Cl)c1Cc1nc(-c2ncn[nH]2)no1. The van der Waals surface area contributed by atoms with Crippen molar-refractivity contribution in [1.82, 2.24) is 25.3 Å². The summed E-state index contributed by atoms with van der Waals surface area (Å²) in [4.78, 5) is 7.98. The highest BCUT2D eigenvalue weighted by atomic mass is 35.5. The molecule has 19 heavy (non-hydrogen) atoms. The number of benzene rings is 1. The summed E-state index contributed by atoms with van der Waals surface area (Å²) in [6.07, 6.45) is 1.45. The van der Waals surface area contributed by atoms with Crippen LogP contribution in [0.3, 0.4) is 0 Å². The summed E-state index contributed by atoms with van der Waals surface area (Å²) in [6.45, 7) is 0. The molecule has 0 amide bonds. The van der Waals surface area contributed by atoms with Crippen molar-refractivity contribution in [2.24, 2.45) is 0 Å². The lowest BCUT2D eigenvalue weighted by Gasteiger charge is -2.01. The van der Waals surface area contributed by atoms with Crippen molar-refractivity contribution in [2.45, 2.75) is 6.42 Å². The lowest BCUT2D eigenvalue weighted by Crippen LogP contribution is -1.94. The highest BCUT2D eigenvalue weighted by molar-refractivity contribution is 6.31. The van der Waals surface area contributed by atoms with Crippen LogP contribution in [0.5, 0.6) is 0 Å². The summed E-state index contributed by atoms with van der Waals surface area (Å²) >= 11 is 5.93. The van der Waals surface area contributed by atoms with E-state index in [1.165, 1.54) is 18.5 Å². The minimum atomic E-state index is -0.410. The van der Waals surface area contributed by atoms with Gasteiger partial charge in [-0.1, -0.05) is 22.8 Å². The lowest BCUT2D eigenvalue weighted by atomic mass is 10.1. The van der Waals surface area contributed by atoms with Gasteiger partial charge in [0.25, 0.3) is 0 Å². The Morgan fingerprint density at radius 2 is 2.26 bits per heavy atom. The van der Waals surface area contributed by atoms with E-state index < -0.39 is 5.82 Å². The zero-order chi connectivity index (χ0) is 13.2. The number of nitrogens with one attached hydrogen (secondary N) is 1. The van der Waals surface area contributed by atoms with E-state index in [-0.39, 0.29) is 18.1 Å². The molecule has 0 saturated heterocycles. The summed E-state index contributed by atoms with van der Waals surface area (Å²) < 4.78 is 18.6. The lowest BCUT2D eigenvalue weighted by molar-refractivity contribution is 0.384. The number of rotatable bonds is 3. The molecule has 0 aliphatic heterocycles. The van der Waals surface area contributed by atoms with Crippen molar-refractivity contribution in [3.8, 4) is 11.6 Å². The van der Waals surface area contributed by atoms with E-state index in [0.29, 0.717) is 16.4 Å². The highest BCUT2D eigenvalue weighted by Gasteiger charge is 2.15. The Kier molecular flexibility index (Phi) is 2.96. The van der Waals surface area contributed by atoms with Gasteiger partial charge in [-0.3, -0.25) is 5.10 Å². The van der Waals surface area contributed by atoms with Crippen LogP contribution in [0, 0.1) is 5.82 Å². The van der Waals surface area contributed by atoms with Gasteiger partial charge in [-0.15, -0.1) is 0 Å². The van der Waals surface area contributed by atoms with E-state index in [9.17, 15) is 4.39 Å². The molecule has 3 aromatic rings. The summed E-state index contributed by atoms with van der Waals surface area (Å²) in [7, 11) is 0. The van der Waals surface area contributed by atoms with Gasteiger partial charge in [-0.25, -0.2) is 9.37 Å². The van der Waals surface area contributed by atoms with Crippen LogP contribution in [0.4, 0.5) is 4.39 Å². The molecule has 0 aliphatic carbocycles. The fourth-order valence-electron chi connectivity index (χ4n) is 1.59. The summed E-state index contributed by atoms with van der Waals surface area (Å²) in [5, 5.41) is 10.3. The van der Waals surface area contributed by atoms with Crippen LogP contribution < -0.4 is 0 Å². The van der Waals surface area contributed by atoms with Crippen LogP contribution in [0.1, 0.15) is 11.5 Å². The van der Waals surface area contributed by atoms with Gasteiger partial charge in [0, 0.05) is 10.6 Å². The second-order valence-corrected chi connectivity index (χ2v) is 4.13. The summed E-state index contributed by atoms with van der Waals surface area (Å²) in [5.41, 5.74) is 0.317. The van der Waals surface area contributed by atoms with Gasteiger partial charge in [0.15, 0.2) is 5.82 Å². The van der Waals surface area contributed by atoms with E-state index in [1.807, 2.05) is 0 Å². The average molecular weight is 280 g/mol. The molecule has 3 rings (SSSR count). The van der Waals surface area contributed by atoms with E-state index in [2.05, 4.69) is 25.3 Å². The van der Waals surface area contributed by atoms with Crippen molar-refractivity contribution in [2.75, 3.05) is 0 Å². The molecule has 0 fully saturated rings. The van der Waals surface area contributed by atoms with Gasteiger partial charge in [-0.2, -0.15) is 10.1 Å². The number of aromatic nitrogens is 5. The van der Waals surface area contributed by atoms with Crippen molar-refractivity contribution in [3.63, 3.8) is 0 Å². The third kappa shape index (κ3) is 2.32. The highest BCUT2D eigenvalue weighted by Crippen LogP contribution is 2.22. The van der Waals surface area contributed by atoms with Crippen molar-refractivity contribution < 1.29 is 8.91 Å². The van der Waals surface area contributed by atoms with E-state index in [4.69, 9.17) is 16.1 Å². The summed E-state index contributed by atoms with van der Waals surface area (Å²) in [6, 6.07) is 4.47. The number of H-pyrrole nitrogens is 1. The van der Waals surface area contributed by atoms with E-state index in [1.54, 1.807) is 6.07 Å². The maximum absolute atomic E-state index is 13.6. The minimum absolute atomic E-state index is 0.118. The van der Waals surface area contributed by atoms with Gasteiger partial charge in [-0.05, 0) is 12.1 Å². The molecule has 8 heteroatoms.